The number of likely N-dealkylation sites (N-methyl/N-ethyl adjacent to an activating group) is 1. The molecule has 1 aromatic rings. The molecule has 1 aromatic heterocycles. The van der Waals surface area contributed by atoms with E-state index in [1.165, 1.54) is 0 Å². The van der Waals surface area contributed by atoms with Gasteiger partial charge in [-0.1, -0.05) is 13.8 Å². The topological polar surface area (TPSA) is 51.4 Å². The zero-order valence-electron chi connectivity index (χ0n) is 10.1. The van der Waals surface area contributed by atoms with E-state index in [1.54, 1.807) is 6.20 Å². The minimum absolute atomic E-state index is 0.418. The average Bonchev–Trinajstić information content (AvgIpc) is 2.35. The number of nitrogens with zero attached hydrogens (tertiary/aromatic N) is 2. The number of hydrogen-bond acceptors (Lipinski definition) is 4. The lowest BCUT2D eigenvalue weighted by atomic mass is 10.3. The summed E-state index contributed by atoms with van der Waals surface area (Å²) >= 11 is 0. The maximum Gasteiger partial charge on any atom is 0.142 e. The van der Waals surface area contributed by atoms with E-state index < -0.39 is 0 Å². The Labute approximate surface area is 97.4 Å². The summed E-state index contributed by atoms with van der Waals surface area (Å²) in [6, 6.07) is 3.78. The Bertz CT molecular complexity index is 300. The van der Waals surface area contributed by atoms with E-state index in [9.17, 15) is 0 Å². The van der Waals surface area contributed by atoms with Gasteiger partial charge in [-0.3, -0.25) is 4.98 Å². The van der Waals surface area contributed by atoms with Gasteiger partial charge >= 0.3 is 0 Å². The van der Waals surface area contributed by atoms with Crippen molar-refractivity contribution in [1.29, 1.82) is 0 Å². The molecule has 1 rings (SSSR count). The van der Waals surface area contributed by atoms with Crippen LogP contribution in [0.1, 0.15) is 19.5 Å². The van der Waals surface area contributed by atoms with Crippen LogP contribution in [0, 0.1) is 0 Å². The first kappa shape index (κ1) is 12.9. The summed E-state index contributed by atoms with van der Waals surface area (Å²) in [4.78, 5) is 6.49. The first-order valence-electron chi connectivity index (χ1n) is 5.80. The van der Waals surface area contributed by atoms with Gasteiger partial charge in [0.05, 0.1) is 5.69 Å². The van der Waals surface area contributed by atoms with Crippen LogP contribution in [0.2, 0.25) is 0 Å². The number of aromatic nitrogens is 1. The third-order valence-electron chi connectivity index (χ3n) is 2.60. The molecule has 1 heterocycles. The molecular formula is C12H21N3O. The fraction of sp³-hybridized carbons (Fsp3) is 0.583. The highest BCUT2D eigenvalue weighted by atomic mass is 16.5. The van der Waals surface area contributed by atoms with Gasteiger partial charge in [-0.15, -0.1) is 0 Å². The second-order valence-electron chi connectivity index (χ2n) is 3.53. The van der Waals surface area contributed by atoms with Crippen molar-refractivity contribution in [2.24, 2.45) is 5.73 Å². The van der Waals surface area contributed by atoms with Crippen molar-refractivity contribution in [3.05, 3.63) is 24.0 Å². The molecule has 0 bridgehead atoms. The highest BCUT2D eigenvalue weighted by molar-refractivity contribution is 5.26. The molecule has 0 fully saturated rings. The molecule has 4 nitrogen and oxygen atoms in total. The van der Waals surface area contributed by atoms with Crippen molar-refractivity contribution in [1.82, 2.24) is 9.88 Å². The molecule has 16 heavy (non-hydrogen) atoms. The molecular weight excluding hydrogens is 202 g/mol. The SMILES string of the molecule is CCN(CC)CCOc1cccnc1CN. The van der Waals surface area contributed by atoms with E-state index in [0.717, 1.165) is 31.1 Å². The van der Waals surface area contributed by atoms with E-state index in [-0.39, 0.29) is 0 Å². The summed E-state index contributed by atoms with van der Waals surface area (Å²) in [7, 11) is 0. The van der Waals surface area contributed by atoms with E-state index in [2.05, 4.69) is 23.7 Å². The van der Waals surface area contributed by atoms with Crippen molar-refractivity contribution in [3.63, 3.8) is 0 Å². The fourth-order valence-electron chi connectivity index (χ4n) is 1.53. The molecule has 0 aromatic carbocycles. The average molecular weight is 223 g/mol. The zero-order valence-corrected chi connectivity index (χ0v) is 10.1. The highest BCUT2D eigenvalue weighted by Gasteiger charge is 2.03. The van der Waals surface area contributed by atoms with E-state index in [1.807, 2.05) is 12.1 Å². The second kappa shape index (κ2) is 7.19. The van der Waals surface area contributed by atoms with Gasteiger partial charge in [0, 0.05) is 19.3 Å². The van der Waals surface area contributed by atoms with Crippen LogP contribution >= 0.6 is 0 Å². The third kappa shape index (κ3) is 3.79. The smallest absolute Gasteiger partial charge is 0.142 e. The summed E-state index contributed by atoms with van der Waals surface area (Å²) in [6.07, 6.45) is 1.74. The Morgan fingerprint density at radius 2 is 2.12 bits per heavy atom. The summed E-state index contributed by atoms with van der Waals surface area (Å²) in [6.45, 7) is 8.44. The summed E-state index contributed by atoms with van der Waals surface area (Å²) in [5.41, 5.74) is 6.40. The van der Waals surface area contributed by atoms with Crippen LogP contribution in [0.3, 0.4) is 0 Å². The molecule has 0 unspecified atom stereocenters. The Kier molecular flexibility index (Phi) is 5.82. The van der Waals surface area contributed by atoms with E-state index in [0.29, 0.717) is 13.2 Å². The standard InChI is InChI=1S/C12H21N3O/c1-3-15(4-2)8-9-16-12-6-5-7-14-11(12)10-13/h5-7H,3-4,8-10,13H2,1-2H3. The molecule has 0 saturated heterocycles. The van der Waals surface area contributed by atoms with Gasteiger partial charge in [-0.25, -0.2) is 0 Å². The number of pyridine rings is 1. The summed E-state index contributed by atoms with van der Waals surface area (Å²) < 4.78 is 5.68. The van der Waals surface area contributed by atoms with Crippen molar-refractivity contribution in [2.45, 2.75) is 20.4 Å². The first-order valence-corrected chi connectivity index (χ1v) is 5.80. The monoisotopic (exact) mass is 223 g/mol. The van der Waals surface area contributed by atoms with Crippen molar-refractivity contribution in [3.8, 4) is 5.75 Å². The summed E-state index contributed by atoms with van der Waals surface area (Å²) in [5, 5.41) is 0. The predicted molar refractivity (Wildman–Crippen MR) is 65.4 cm³/mol. The van der Waals surface area contributed by atoms with Gasteiger partial charge in [0.25, 0.3) is 0 Å². The molecule has 2 N–H and O–H groups in total. The molecule has 0 aliphatic rings. The van der Waals surface area contributed by atoms with Crippen LogP contribution in [-0.4, -0.2) is 36.1 Å². The van der Waals surface area contributed by atoms with Gasteiger partial charge in [-0.2, -0.15) is 0 Å². The molecule has 0 amide bonds. The second-order valence-corrected chi connectivity index (χ2v) is 3.53. The minimum Gasteiger partial charge on any atom is -0.490 e. The molecule has 0 aliphatic carbocycles. The molecule has 0 radical (unpaired) electrons. The maximum absolute atomic E-state index is 5.68. The number of hydrogen-bond donors (Lipinski definition) is 1. The van der Waals surface area contributed by atoms with E-state index >= 15 is 0 Å². The molecule has 0 spiro atoms. The van der Waals surface area contributed by atoms with Crippen LogP contribution in [0.5, 0.6) is 5.75 Å². The minimum atomic E-state index is 0.418. The highest BCUT2D eigenvalue weighted by Crippen LogP contribution is 2.14. The van der Waals surface area contributed by atoms with Gasteiger partial charge < -0.3 is 15.4 Å². The van der Waals surface area contributed by atoms with Crippen molar-refractivity contribution >= 4 is 0 Å². The van der Waals surface area contributed by atoms with Gasteiger partial charge in [0.2, 0.25) is 0 Å². The lowest BCUT2D eigenvalue weighted by molar-refractivity contribution is 0.221. The fourth-order valence-corrected chi connectivity index (χ4v) is 1.53. The molecule has 0 aliphatic heterocycles. The predicted octanol–water partition coefficient (Wildman–Crippen LogP) is 1.26. The number of nitrogens with two attached hydrogens (primary N) is 1. The molecule has 0 saturated carbocycles. The lowest BCUT2D eigenvalue weighted by Gasteiger charge is -2.18. The zero-order chi connectivity index (χ0) is 11.8. The van der Waals surface area contributed by atoms with Crippen LogP contribution in [0.4, 0.5) is 0 Å². The Balaban J connectivity index is 2.42. The van der Waals surface area contributed by atoms with Crippen molar-refractivity contribution < 1.29 is 4.74 Å². The normalized spacial score (nSPS) is 10.8. The van der Waals surface area contributed by atoms with Gasteiger partial charge in [0.15, 0.2) is 0 Å². The Morgan fingerprint density at radius 3 is 2.75 bits per heavy atom. The van der Waals surface area contributed by atoms with Crippen molar-refractivity contribution in [2.75, 3.05) is 26.2 Å². The van der Waals surface area contributed by atoms with Crippen LogP contribution in [0.15, 0.2) is 18.3 Å². The van der Waals surface area contributed by atoms with Gasteiger partial charge in [0.1, 0.15) is 12.4 Å². The van der Waals surface area contributed by atoms with Crippen LogP contribution in [0.25, 0.3) is 0 Å². The maximum atomic E-state index is 5.68. The van der Waals surface area contributed by atoms with E-state index in [4.69, 9.17) is 10.5 Å². The Hall–Kier alpha value is -1.13. The first-order chi connectivity index (χ1) is 7.81. The lowest BCUT2D eigenvalue weighted by Crippen LogP contribution is -2.28. The van der Waals surface area contributed by atoms with Crippen LogP contribution in [-0.2, 0) is 6.54 Å². The third-order valence-corrected chi connectivity index (χ3v) is 2.60. The van der Waals surface area contributed by atoms with Gasteiger partial charge in [-0.05, 0) is 25.2 Å². The molecule has 0 atom stereocenters. The molecule has 4 heteroatoms. The summed E-state index contributed by atoms with van der Waals surface area (Å²) in [5.74, 6) is 0.803. The number of rotatable bonds is 7. The number of ether oxygens (including phenoxy) is 1. The Morgan fingerprint density at radius 1 is 1.38 bits per heavy atom. The quantitative estimate of drug-likeness (QED) is 0.756. The molecule has 90 valence electrons. The van der Waals surface area contributed by atoms with Crippen LogP contribution < -0.4 is 10.5 Å². The largest absolute Gasteiger partial charge is 0.490 e.